The molecule has 2 heteroatoms. The first-order valence-electron chi connectivity index (χ1n) is 6.88. The molecule has 0 bridgehead atoms. The van der Waals surface area contributed by atoms with Crippen molar-refractivity contribution in [2.24, 2.45) is 0 Å². The largest absolute Gasteiger partial charge is 0.382 e. The molecule has 1 aliphatic rings. The van der Waals surface area contributed by atoms with Crippen LogP contribution in [0.4, 0.5) is 11.4 Å². The summed E-state index contributed by atoms with van der Waals surface area (Å²) >= 11 is 0. The zero-order valence-corrected chi connectivity index (χ0v) is 11.6. The van der Waals surface area contributed by atoms with Crippen LogP contribution in [0.15, 0.2) is 42.5 Å². The quantitative estimate of drug-likeness (QED) is 0.876. The molecule has 0 atom stereocenters. The van der Waals surface area contributed by atoms with Crippen LogP contribution in [0.3, 0.4) is 0 Å². The van der Waals surface area contributed by atoms with Crippen molar-refractivity contribution in [3.05, 3.63) is 59.2 Å². The first kappa shape index (κ1) is 12.1. The molecule has 2 aromatic rings. The summed E-state index contributed by atoms with van der Waals surface area (Å²) in [6.45, 7) is 7.48. The number of benzene rings is 2. The first-order chi connectivity index (χ1) is 9.25. The van der Waals surface area contributed by atoms with Gasteiger partial charge in [0.05, 0.1) is 11.4 Å². The summed E-state index contributed by atoms with van der Waals surface area (Å²) in [5.41, 5.74) is 6.79. The Morgan fingerprint density at radius 2 is 1.74 bits per heavy atom. The molecule has 3 rings (SSSR count). The molecule has 0 aliphatic carbocycles. The van der Waals surface area contributed by atoms with E-state index in [4.69, 9.17) is 0 Å². The molecular formula is C17H20N2. The van der Waals surface area contributed by atoms with Gasteiger partial charge in [0, 0.05) is 19.6 Å². The van der Waals surface area contributed by atoms with Gasteiger partial charge < -0.3 is 10.2 Å². The van der Waals surface area contributed by atoms with Crippen molar-refractivity contribution in [1.82, 2.24) is 0 Å². The molecule has 98 valence electrons. The van der Waals surface area contributed by atoms with Crippen LogP contribution in [0.2, 0.25) is 0 Å². The van der Waals surface area contributed by atoms with Crippen molar-refractivity contribution in [2.45, 2.75) is 20.4 Å². The van der Waals surface area contributed by atoms with E-state index in [0.29, 0.717) is 0 Å². The summed E-state index contributed by atoms with van der Waals surface area (Å²) < 4.78 is 0. The van der Waals surface area contributed by atoms with E-state index in [0.717, 1.165) is 19.6 Å². The fourth-order valence-electron chi connectivity index (χ4n) is 2.80. The minimum Gasteiger partial charge on any atom is -0.382 e. The Morgan fingerprint density at radius 3 is 2.53 bits per heavy atom. The van der Waals surface area contributed by atoms with Gasteiger partial charge in [-0.3, -0.25) is 0 Å². The number of rotatable bonds is 2. The molecular weight excluding hydrogens is 232 g/mol. The highest BCUT2D eigenvalue weighted by Gasteiger charge is 2.17. The topological polar surface area (TPSA) is 15.3 Å². The predicted octanol–water partition coefficient (Wildman–Crippen LogP) is 3.74. The second kappa shape index (κ2) is 4.96. The third kappa shape index (κ3) is 2.30. The fourth-order valence-corrected chi connectivity index (χ4v) is 2.80. The summed E-state index contributed by atoms with van der Waals surface area (Å²) in [6, 6.07) is 15.1. The molecule has 1 N–H and O–H groups in total. The van der Waals surface area contributed by atoms with Crippen molar-refractivity contribution >= 4 is 11.4 Å². The number of nitrogens with zero attached hydrogens (tertiary/aromatic N) is 1. The van der Waals surface area contributed by atoms with Gasteiger partial charge in [-0.2, -0.15) is 0 Å². The smallest absolute Gasteiger partial charge is 0.0605 e. The van der Waals surface area contributed by atoms with Crippen molar-refractivity contribution in [3.8, 4) is 0 Å². The Balaban J connectivity index is 1.93. The van der Waals surface area contributed by atoms with Crippen LogP contribution >= 0.6 is 0 Å². The Morgan fingerprint density at radius 1 is 1.00 bits per heavy atom. The lowest BCUT2D eigenvalue weighted by molar-refractivity contribution is 0.780. The maximum Gasteiger partial charge on any atom is 0.0605 e. The predicted molar refractivity (Wildman–Crippen MR) is 81.9 cm³/mol. The number of hydrogen-bond donors (Lipinski definition) is 1. The zero-order chi connectivity index (χ0) is 13.2. The van der Waals surface area contributed by atoms with Crippen LogP contribution in [0.25, 0.3) is 0 Å². The van der Waals surface area contributed by atoms with Crippen LogP contribution in [-0.4, -0.2) is 13.1 Å². The second-order valence-electron chi connectivity index (χ2n) is 5.24. The zero-order valence-electron chi connectivity index (χ0n) is 11.6. The normalized spacial score (nSPS) is 13.9. The van der Waals surface area contributed by atoms with Gasteiger partial charge in [0.25, 0.3) is 0 Å². The number of nitrogens with one attached hydrogen (secondary N) is 1. The maximum atomic E-state index is 3.47. The minimum absolute atomic E-state index is 0.997. The molecule has 0 saturated heterocycles. The summed E-state index contributed by atoms with van der Waals surface area (Å²) in [5, 5.41) is 3.47. The molecule has 2 aromatic carbocycles. The highest BCUT2D eigenvalue weighted by atomic mass is 15.2. The van der Waals surface area contributed by atoms with Crippen LogP contribution in [0.5, 0.6) is 0 Å². The van der Waals surface area contributed by atoms with Gasteiger partial charge in [0.1, 0.15) is 0 Å². The highest BCUT2D eigenvalue weighted by Crippen LogP contribution is 2.30. The summed E-state index contributed by atoms with van der Waals surface area (Å²) in [6.07, 6.45) is 0. The van der Waals surface area contributed by atoms with Crippen LogP contribution in [0.1, 0.15) is 16.7 Å². The summed E-state index contributed by atoms with van der Waals surface area (Å²) in [7, 11) is 0. The average Bonchev–Trinajstić information content (AvgIpc) is 2.43. The van der Waals surface area contributed by atoms with Gasteiger partial charge in [-0.15, -0.1) is 0 Å². The molecule has 0 spiro atoms. The van der Waals surface area contributed by atoms with Gasteiger partial charge >= 0.3 is 0 Å². The average molecular weight is 252 g/mol. The van der Waals surface area contributed by atoms with E-state index in [2.05, 4.69) is 66.5 Å². The lowest BCUT2D eigenvalue weighted by Gasteiger charge is -2.33. The fraction of sp³-hybridized carbons (Fsp3) is 0.294. The summed E-state index contributed by atoms with van der Waals surface area (Å²) in [5.74, 6) is 0. The lowest BCUT2D eigenvalue weighted by Crippen LogP contribution is -2.33. The molecule has 0 aromatic heterocycles. The Hall–Kier alpha value is -1.96. The Bertz CT molecular complexity index is 569. The second-order valence-corrected chi connectivity index (χ2v) is 5.24. The number of aryl methyl sites for hydroxylation is 2. The van der Waals surface area contributed by atoms with Crippen LogP contribution in [-0.2, 0) is 6.54 Å². The number of anilines is 2. The molecule has 1 aliphatic heterocycles. The van der Waals surface area contributed by atoms with Gasteiger partial charge in [0.2, 0.25) is 0 Å². The highest BCUT2D eigenvalue weighted by molar-refractivity contribution is 5.72. The molecule has 1 heterocycles. The van der Waals surface area contributed by atoms with E-state index in [-0.39, 0.29) is 0 Å². The third-order valence-corrected chi connectivity index (χ3v) is 3.94. The molecule has 0 radical (unpaired) electrons. The van der Waals surface area contributed by atoms with E-state index in [9.17, 15) is 0 Å². The minimum atomic E-state index is 0.997. The maximum absolute atomic E-state index is 3.47. The van der Waals surface area contributed by atoms with E-state index in [1.807, 2.05) is 0 Å². The molecule has 0 fully saturated rings. The number of para-hydroxylation sites is 2. The SMILES string of the molecule is Cc1cccc(C)c1CN1CCNc2ccccc21. The van der Waals surface area contributed by atoms with E-state index in [1.165, 1.54) is 28.1 Å². The summed E-state index contributed by atoms with van der Waals surface area (Å²) in [4.78, 5) is 2.47. The van der Waals surface area contributed by atoms with Gasteiger partial charge in [0.15, 0.2) is 0 Å². The van der Waals surface area contributed by atoms with Crippen molar-refractivity contribution in [3.63, 3.8) is 0 Å². The van der Waals surface area contributed by atoms with Gasteiger partial charge in [-0.05, 0) is 42.7 Å². The van der Waals surface area contributed by atoms with Crippen molar-refractivity contribution in [1.29, 1.82) is 0 Å². The molecule has 19 heavy (non-hydrogen) atoms. The van der Waals surface area contributed by atoms with Crippen molar-refractivity contribution in [2.75, 3.05) is 23.3 Å². The molecule has 0 unspecified atom stereocenters. The van der Waals surface area contributed by atoms with Gasteiger partial charge in [-0.25, -0.2) is 0 Å². The van der Waals surface area contributed by atoms with Crippen LogP contribution < -0.4 is 10.2 Å². The lowest BCUT2D eigenvalue weighted by atomic mass is 10.0. The first-order valence-corrected chi connectivity index (χ1v) is 6.88. The monoisotopic (exact) mass is 252 g/mol. The van der Waals surface area contributed by atoms with E-state index < -0.39 is 0 Å². The molecule has 0 amide bonds. The Kier molecular flexibility index (Phi) is 3.16. The van der Waals surface area contributed by atoms with Crippen molar-refractivity contribution < 1.29 is 0 Å². The van der Waals surface area contributed by atoms with Crippen LogP contribution in [0, 0.1) is 13.8 Å². The number of hydrogen-bond acceptors (Lipinski definition) is 2. The van der Waals surface area contributed by atoms with E-state index in [1.54, 1.807) is 0 Å². The molecule has 2 nitrogen and oxygen atoms in total. The van der Waals surface area contributed by atoms with E-state index >= 15 is 0 Å². The third-order valence-electron chi connectivity index (χ3n) is 3.94. The van der Waals surface area contributed by atoms with Gasteiger partial charge in [-0.1, -0.05) is 30.3 Å². The molecule has 0 saturated carbocycles. The number of fused-ring (bicyclic) bond motifs is 1. The Labute approximate surface area is 115 Å². The standard InChI is InChI=1S/C17H20N2/c1-13-6-5-7-14(2)15(13)12-19-11-10-18-16-8-3-4-9-17(16)19/h3-9,18H,10-12H2,1-2H3.